The van der Waals surface area contributed by atoms with Crippen molar-refractivity contribution in [3.05, 3.63) is 81.6 Å². The number of fused-ring (bicyclic) bond motifs is 2. The number of Topliss-reactive ketones (excluding diaryl/α,β-unsaturated/α-hetero) is 2. The number of hydrogen-bond acceptors (Lipinski definition) is 5. The summed E-state index contributed by atoms with van der Waals surface area (Å²) in [4.78, 5) is 29.8. The number of rotatable bonds is 3. The molecular weight excluding hydrogens is 390 g/mol. The fourth-order valence-corrected chi connectivity index (χ4v) is 3.76. The molecule has 0 fully saturated rings. The smallest absolute Gasteiger partial charge is 0.266 e. The number of oxazole rings is 1. The molecule has 29 heavy (non-hydrogen) atoms. The number of halogens is 1. The zero-order chi connectivity index (χ0) is 20.1. The number of hydrogen-bond donors (Lipinski definition) is 0. The van der Waals surface area contributed by atoms with Crippen molar-refractivity contribution >= 4 is 40.5 Å². The standard InChI is InChI=1S/C23H14ClNO4/c1-2-12-8-15-16(11-18(12)24)21(27)17(20(15)26)9-14-10-19-23(28-14)25-22(29-19)13-6-4-3-5-7-13/h3-11H,2H2,1H3/b17-9-. The minimum Gasteiger partial charge on any atom is -0.436 e. The molecule has 0 spiro atoms. The van der Waals surface area contributed by atoms with Crippen molar-refractivity contribution in [2.45, 2.75) is 13.3 Å². The van der Waals surface area contributed by atoms with Crippen LogP contribution in [0.1, 0.15) is 39.0 Å². The van der Waals surface area contributed by atoms with Crippen LogP contribution in [0.15, 0.2) is 62.9 Å². The Hall–Kier alpha value is -3.44. The van der Waals surface area contributed by atoms with Gasteiger partial charge in [0.25, 0.3) is 5.71 Å². The summed E-state index contributed by atoms with van der Waals surface area (Å²) in [7, 11) is 0. The van der Waals surface area contributed by atoms with Gasteiger partial charge in [0.05, 0.1) is 5.57 Å². The number of aryl methyl sites for hydroxylation is 1. The van der Waals surface area contributed by atoms with Gasteiger partial charge in [-0.1, -0.05) is 36.7 Å². The molecule has 0 amide bonds. The maximum Gasteiger partial charge on any atom is 0.266 e. The number of allylic oxidation sites excluding steroid dienone is 1. The second-order valence-electron chi connectivity index (χ2n) is 6.76. The second-order valence-corrected chi connectivity index (χ2v) is 7.17. The van der Waals surface area contributed by atoms with E-state index >= 15 is 0 Å². The van der Waals surface area contributed by atoms with Crippen molar-refractivity contribution in [1.82, 2.24) is 4.98 Å². The zero-order valence-corrected chi connectivity index (χ0v) is 16.1. The summed E-state index contributed by atoms with van der Waals surface area (Å²) in [5.74, 6) is 0.0840. The summed E-state index contributed by atoms with van der Waals surface area (Å²) in [5.41, 5.74) is 3.17. The monoisotopic (exact) mass is 403 g/mol. The molecule has 0 radical (unpaired) electrons. The van der Waals surface area contributed by atoms with E-state index in [1.165, 1.54) is 6.08 Å². The molecule has 5 nitrogen and oxygen atoms in total. The van der Waals surface area contributed by atoms with Crippen LogP contribution < -0.4 is 0 Å². The number of ketones is 2. The van der Waals surface area contributed by atoms with Gasteiger partial charge in [0, 0.05) is 27.8 Å². The largest absolute Gasteiger partial charge is 0.436 e. The third-order valence-corrected chi connectivity index (χ3v) is 5.31. The van der Waals surface area contributed by atoms with Crippen molar-refractivity contribution in [2.24, 2.45) is 0 Å². The van der Waals surface area contributed by atoms with Gasteiger partial charge in [0.2, 0.25) is 5.89 Å². The van der Waals surface area contributed by atoms with E-state index in [0.29, 0.717) is 45.5 Å². The van der Waals surface area contributed by atoms with E-state index in [1.54, 1.807) is 18.2 Å². The summed E-state index contributed by atoms with van der Waals surface area (Å²) in [6.07, 6.45) is 2.11. The third kappa shape index (κ3) is 2.82. The first kappa shape index (κ1) is 17.6. The van der Waals surface area contributed by atoms with Gasteiger partial charge in [-0.15, -0.1) is 0 Å². The molecule has 0 aliphatic heterocycles. The summed E-state index contributed by atoms with van der Waals surface area (Å²) in [6.45, 7) is 1.94. The molecule has 2 aromatic heterocycles. The van der Waals surface area contributed by atoms with Crippen molar-refractivity contribution in [3.8, 4) is 11.5 Å². The predicted octanol–water partition coefficient (Wildman–Crippen LogP) is 5.77. The summed E-state index contributed by atoms with van der Waals surface area (Å²) in [6, 6.07) is 14.3. The minimum absolute atomic E-state index is 0.0454. The fourth-order valence-electron chi connectivity index (χ4n) is 3.46. The molecule has 0 bridgehead atoms. The lowest BCUT2D eigenvalue weighted by atomic mass is 10.0. The average Bonchev–Trinajstić information content (AvgIpc) is 3.36. The van der Waals surface area contributed by atoms with Crippen LogP contribution in [-0.2, 0) is 6.42 Å². The molecule has 1 aliphatic rings. The molecule has 0 N–H and O–H groups in total. The predicted molar refractivity (Wildman–Crippen MR) is 109 cm³/mol. The number of furan rings is 1. The van der Waals surface area contributed by atoms with Gasteiger partial charge < -0.3 is 8.83 Å². The third-order valence-electron chi connectivity index (χ3n) is 4.96. The number of carbonyl (C=O) groups excluding carboxylic acids is 2. The van der Waals surface area contributed by atoms with Crippen LogP contribution in [-0.4, -0.2) is 16.6 Å². The molecule has 0 saturated heterocycles. The Morgan fingerprint density at radius 1 is 1.00 bits per heavy atom. The van der Waals surface area contributed by atoms with Crippen LogP contribution in [0.4, 0.5) is 0 Å². The van der Waals surface area contributed by atoms with E-state index in [1.807, 2.05) is 37.3 Å². The van der Waals surface area contributed by atoms with E-state index in [9.17, 15) is 9.59 Å². The Labute approximate surface area is 170 Å². The molecule has 4 aromatic rings. The SMILES string of the molecule is CCc1cc2c(cc1Cl)C(=O)/C(=C\c1cc3oc(-c4ccccc4)nc3o1)C2=O. The van der Waals surface area contributed by atoms with E-state index in [0.717, 1.165) is 11.1 Å². The number of aromatic nitrogens is 1. The highest BCUT2D eigenvalue weighted by molar-refractivity contribution is 6.42. The Bertz CT molecular complexity index is 1300. The maximum absolute atomic E-state index is 12.8. The van der Waals surface area contributed by atoms with Gasteiger partial charge in [-0.05, 0) is 42.3 Å². The first-order valence-corrected chi connectivity index (χ1v) is 9.52. The molecule has 142 valence electrons. The highest BCUT2D eigenvalue weighted by Gasteiger charge is 2.34. The lowest BCUT2D eigenvalue weighted by Gasteiger charge is -2.03. The first-order valence-electron chi connectivity index (χ1n) is 9.14. The Balaban J connectivity index is 1.52. The second kappa shape index (κ2) is 6.57. The summed E-state index contributed by atoms with van der Waals surface area (Å²) in [5, 5.41) is 0.488. The maximum atomic E-state index is 12.8. The molecule has 2 heterocycles. The molecule has 1 aliphatic carbocycles. The van der Waals surface area contributed by atoms with E-state index in [2.05, 4.69) is 4.98 Å². The van der Waals surface area contributed by atoms with Crippen molar-refractivity contribution in [1.29, 1.82) is 0 Å². The van der Waals surface area contributed by atoms with Gasteiger partial charge in [0.1, 0.15) is 5.76 Å². The van der Waals surface area contributed by atoms with E-state index < -0.39 is 0 Å². The lowest BCUT2D eigenvalue weighted by Crippen LogP contribution is -1.99. The topological polar surface area (TPSA) is 73.3 Å². The van der Waals surface area contributed by atoms with Gasteiger partial charge in [-0.3, -0.25) is 9.59 Å². The summed E-state index contributed by atoms with van der Waals surface area (Å²) < 4.78 is 11.4. The van der Waals surface area contributed by atoms with Crippen LogP contribution >= 0.6 is 11.6 Å². The van der Waals surface area contributed by atoms with Gasteiger partial charge >= 0.3 is 0 Å². The van der Waals surface area contributed by atoms with Crippen LogP contribution in [0.2, 0.25) is 5.02 Å². The number of nitrogens with zero attached hydrogens (tertiary/aromatic N) is 1. The van der Waals surface area contributed by atoms with Crippen LogP contribution in [0.3, 0.4) is 0 Å². The minimum atomic E-state index is -0.361. The summed E-state index contributed by atoms with van der Waals surface area (Å²) >= 11 is 6.21. The fraction of sp³-hybridized carbons (Fsp3) is 0.0870. The molecule has 0 atom stereocenters. The van der Waals surface area contributed by atoms with Gasteiger partial charge in [-0.25, -0.2) is 0 Å². The molecule has 0 saturated carbocycles. The molecular formula is C23H14ClNO4. The van der Waals surface area contributed by atoms with Crippen molar-refractivity contribution in [2.75, 3.05) is 0 Å². The van der Waals surface area contributed by atoms with E-state index in [-0.39, 0.29) is 17.1 Å². The first-order chi connectivity index (χ1) is 14.0. The lowest BCUT2D eigenvalue weighted by molar-refractivity contribution is 0.0990. The molecule has 2 aromatic carbocycles. The number of carbonyl (C=O) groups is 2. The molecule has 5 rings (SSSR count). The quantitative estimate of drug-likeness (QED) is 0.321. The molecule has 0 unspecified atom stereocenters. The zero-order valence-electron chi connectivity index (χ0n) is 15.4. The van der Waals surface area contributed by atoms with Crippen molar-refractivity contribution in [3.63, 3.8) is 0 Å². The molecule has 6 heteroatoms. The van der Waals surface area contributed by atoms with Crippen LogP contribution in [0.5, 0.6) is 0 Å². The van der Waals surface area contributed by atoms with E-state index in [4.69, 9.17) is 20.4 Å². The van der Waals surface area contributed by atoms with Crippen molar-refractivity contribution < 1.29 is 18.4 Å². The van der Waals surface area contributed by atoms with Crippen LogP contribution in [0.25, 0.3) is 28.8 Å². The Morgan fingerprint density at radius 3 is 2.41 bits per heavy atom. The van der Waals surface area contributed by atoms with Gasteiger partial charge in [0.15, 0.2) is 17.1 Å². The van der Waals surface area contributed by atoms with Gasteiger partial charge in [-0.2, -0.15) is 4.98 Å². The average molecular weight is 404 g/mol. The highest BCUT2D eigenvalue weighted by atomic mass is 35.5. The Kier molecular flexibility index (Phi) is 4.00. The number of benzene rings is 2. The van der Waals surface area contributed by atoms with Crippen LogP contribution in [0, 0.1) is 0 Å². The highest BCUT2D eigenvalue weighted by Crippen LogP contribution is 2.34. The Morgan fingerprint density at radius 2 is 1.72 bits per heavy atom. The normalized spacial score (nSPS) is 14.9.